The normalized spacial score (nSPS) is 27.5. The number of hydrogen-bond acceptors (Lipinski definition) is 2. The molecule has 0 unspecified atom stereocenters. The zero-order valence-electron chi connectivity index (χ0n) is 12.0. The molecule has 1 aliphatic heterocycles. The first-order valence-electron chi connectivity index (χ1n) is 7.43. The van der Waals surface area contributed by atoms with Gasteiger partial charge >= 0.3 is 0 Å². The summed E-state index contributed by atoms with van der Waals surface area (Å²) in [5.74, 6) is 0.898. The van der Waals surface area contributed by atoms with Crippen molar-refractivity contribution in [2.24, 2.45) is 17.1 Å². The Morgan fingerprint density at radius 1 is 1.12 bits per heavy atom. The lowest BCUT2D eigenvalue weighted by molar-refractivity contribution is 0.0328. The van der Waals surface area contributed by atoms with Crippen LogP contribution in [0.3, 0.4) is 0 Å². The Kier molecular flexibility index (Phi) is 3.84. The number of likely N-dealkylation sites (tertiary alicyclic amines) is 1. The molecule has 2 N–H and O–H groups in total. The van der Waals surface area contributed by atoms with Crippen molar-refractivity contribution in [1.82, 2.24) is 4.90 Å². The molecule has 0 bridgehead atoms. The van der Waals surface area contributed by atoms with Gasteiger partial charge in [-0.15, -0.1) is 0 Å². The van der Waals surface area contributed by atoms with Gasteiger partial charge in [-0.3, -0.25) is 4.90 Å². The molecular weight excluding hydrogens is 208 g/mol. The van der Waals surface area contributed by atoms with E-state index < -0.39 is 0 Å². The number of nitrogens with two attached hydrogens (primary N) is 1. The topological polar surface area (TPSA) is 29.3 Å². The lowest BCUT2D eigenvalue weighted by Crippen LogP contribution is -2.55. The molecule has 2 aliphatic rings. The predicted molar refractivity (Wildman–Crippen MR) is 74.0 cm³/mol. The molecule has 17 heavy (non-hydrogen) atoms. The Balaban J connectivity index is 1.94. The van der Waals surface area contributed by atoms with Crippen LogP contribution in [0.25, 0.3) is 0 Å². The summed E-state index contributed by atoms with van der Waals surface area (Å²) in [6.07, 6.45) is 8.18. The number of rotatable bonds is 2. The van der Waals surface area contributed by atoms with E-state index in [-0.39, 0.29) is 0 Å². The monoisotopic (exact) mass is 238 g/mol. The molecule has 1 saturated heterocycles. The summed E-state index contributed by atoms with van der Waals surface area (Å²) in [5, 5.41) is 0. The van der Waals surface area contributed by atoms with Crippen LogP contribution in [0.1, 0.15) is 59.3 Å². The van der Waals surface area contributed by atoms with Crippen LogP contribution < -0.4 is 5.73 Å². The highest BCUT2D eigenvalue weighted by Crippen LogP contribution is 2.40. The fraction of sp³-hybridized carbons (Fsp3) is 1.00. The first kappa shape index (κ1) is 13.4. The Bertz CT molecular complexity index is 240. The zero-order valence-corrected chi connectivity index (χ0v) is 12.0. The molecule has 0 aromatic rings. The third kappa shape index (κ3) is 2.68. The van der Waals surface area contributed by atoms with Gasteiger partial charge in [0.2, 0.25) is 0 Å². The first-order valence-corrected chi connectivity index (χ1v) is 7.43. The number of piperidine rings is 1. The molecule has 2 rings (SSSR count). The van der Waals surface area contributed by atoms with E-state index in [1.54, 1.807) is 0 Å². The molecule has 100 valence electrons. The molecule has 0 spiro atoms. The molecule has 0 aromatic heterocycles. The SMILES string of the molecule is CC(C)(C)C1CCN(C2(CN)CCCC2)CC1. The van der Waals surface area contributed by atoms with Gasteiger partial charge in [-0.1, -0.05) is 33.6 Å². The highest BCUT2D eigenvalue weighted by Gasteiger charge is 2.41. The second kappa shape index (κ2) is 4.89. The summed E-state index contributed by atoms with van der Waals surface area (Å²) in [7, 11) is 0. The van der Waals surface area contributed by atoms with Crippen LogP contribution in [0.15, 0.2) is 0 Å². The summed E-state index contributed by atoms with van der Waals surface area (Å²) >= 11 is 0. The van der Waals surface area contributed by atoms with Crippen molar-refractivity contribution in [2.45, 2.75) is 64.8 Å². The molecule has 2 heteroatoms. The number of hydrogen-bond donors (Lipinski definition) is 1. The van der Waals surface area contributed by atoms with Gasteiger partial charge in [0.05, 0.1) is 0 Å². The predicted octanol–water partition coefficient (Wildman–Crippen LogP) is 3.02. The van der Waals surface area contributed by atoms with E-state index in [2.05, 4.69) is 25.7 Å². The highest BCUT2D eigenvalue weighted by molar-refractivity contribution is 4.98. The van der Waals surface area contributed by atoms with E-state index in [9.17, 15) is 0 Å². The van der Waals surface area contributed by atoms with E-state index in [4.69, 9.17) is 5.73 Å². The fourth-order valence-corrected chi connectivity index (χ4v) is 3.90. The minimum Gasteiger partial charge on any atom is -0.329 e. The largest absolute Gasteiger partial charge is 0.329 e. The smallest absolute Gasteiger partial charge is 0.0331 e. The van der Waals surface area contributed by atoms with Crippen LogP contribution in [0.5, 0.6) is 0 Å². The zero-order chi connectivity index (χ0) is 12.5. The molecule has 0 atom stereocenters. The molecule has 2 nitrogen and oxygen atoms in total. The Hall–Kier alpha value is -0.0800. The van der Waals surface area contributed by atoms with Crippen molar-refractivity contribution in [2.75, 3.05) is 19.6 Å². The standard InChI is InChI=1S/C15H30N2/c1-14(2,3)13-6-10-17(11-7-13)15(12-16)8-4-5-9-15/h13H,4-12,16H2,1-3H3. The third-order valence-electron chi connectivity index (χ3n) is 5.30. The van der Waals surface area contributed by atoms with E-state index in [0.717, 1.165) is 12.5 Å². The molecule has 0 radical (unpaired) electrons. The van der Waals surface area contributed by atoms with Crippen LogP contribution in [0.2, 0.25) is 0 Å². The van der Waals surface area contributed by atoms with Crippen LogP contribution >= 0.6 is 0 Å². The van der Waals surface area contributed by atoms with E-state index >= 15 is 0 Å². The van der Waals surface area contributed by atoms with Crippen molar-refractivity contribution in [1.29, 1.82) is 0 Å². The van der Waals surface area contributed by atoms with Gasteiger partial charge in [0.25, 0.3) is 0 Å². The highest BCUT2D eigenvalue weighted by atomic mass is 15.2. The maximum atomic E-state index is 6.08. The molecule has 1 heterocycles. The van der Waals surface area contributed by atoms with Crippen molar-refractivity contribution in [3.63, 3.8) is 0 Å². The van der Waals surface area contributed by atoms with E-state index in [1.165, 1.54) is 51.6 Å². The average Bonchev–Trinajstić information content (AvgIpc) is 2.78. The van der Waals surface area contributed by atoms with Crippen molar-refractivity contribution < 1.29 is 0 Å². The lowest BCUT2D eigenvalue weighted by Gasteiger charge is -2.47. The van der Waals surface area contributed by atoms with Crippen LogP contribution in [-0.2, 0) is 0 Å². The summed E-state index contributed by atoms with van der Waals surface area (Å²) < 4.78 is 0. The van der Waals surface area contributed by atoms with Crippen molar-refractivity contribution in [3.05, 3.63) is 0 Å². The summed E-state index contributed by atoms with van der Waals surface area (Å²) in [6, 6.07) is 0. The molecule has 0 aromatic carbocycles. The van der Waals surface area contributed by atoms with Crippen molar-refractivity contribution in [3.8, 4) is 0 Å². The Morgan fingerprint density at radius 3 is 2.06 bits per heavy atom. The second-order valence-corrected chi connectivity index (χ2v) is 7.26. The minimum absolute atomic E-state index is 0.378. The van der Waals surface area contributed by atoms with Gasteiger partial charge in [-0.25, -0.2) is 0 Å². The van der Waals surface area contributed by atoms with Crippen LogP contribution in [-0.4, -0.2) is 30.1 Å². The Labute approximate surface area is 107 Å². The summed E-state index contributed by atoms with van der Waals surface area (Å²) in [4.78, 5) is 2.72. The minimum atomic E-state index is 0.378. The second-order valence-electron chi connectivity index (χ2n) is 7.26. The average molecular weight is 238 g/mol. The maximum absolute atomic E-state index is 6.08. The quantitative estimate of drug-likeness (QED) is 0.801. The molecule has 1 aliphatic carbocycles. The van der Waals surface area contributed by atoms with Gasteiger partial charge in [0.1, 0.15) is 0 Å². The van der Waals surface area contributed by atoms with Crippen molar-refractivity contribution >= 4 is 0 Å². The van der Waals surface area contributed by atoms with Gasteiger partial charge in [-0.05, 0) is 50.1 Å². The van der Waals surface area contributed by atoms with E-state index in [0.29, 0.717) is 11.0 Å². The fourth-order valence-electron chi connectivity index (χ4n) is 3.90. The molecule has 0 amide bonds. The van der Waals surface area contributed by atoms with Gasteiger partial charge < -0.3 is 5.73 Å². The molecule has 1 saturated carbocycles. The third-order valence-corrected chi connectivity index (χ3v) is 5.30. The number of nitrogens with zero attached hydrogens (tertiary/aromatic N) is 1. The van der Waals surface area contributed by atoms with E-state index in [1.807, 2.05) is 0 Å². The van der Waals surface area contributed by atoms with Gasteiger partial charge in [0, 0.05) is 12.1 Å². The lowest BCUT2D eigenvalue weighted by atomic mass is 9.74. The summed E-state index contributed by atoms with van der Waals surface area (Å²) in [5.41, 5.74) is 6.94. The van der Waals surface area contributed by atoms with Gasteiger partial charge in [0.15, 0.2) is 0 Å². The van der Waals surface area contributed by atoms with Crippen LogP contribution in [0.4, 0.5) is 0 Å². The first-order chi connectivity index (χ1) is 7.98. The molecule has 2 fully saturated rings. The molecular formula is C15H30N2. The van der Waals surface area contributed by atoms with Gasteiger partial charge in [-0.2, -0.15) is 0 Å². The maximum Gasteiger partial charge on any atom is 0.0331 e. The van der Waals surface area contributed by atoms with Crippen LogP contribution in [0, 0.1) is 11.3 Å². The summed E-state index contributed by atoms with van der Waals surface area (Å²) in [6.45, 7) is 10.6. The Morgan fingerprint density at radius 2 is 1.65 bits per heavy atom.